The molecule has 0 aliphatic heterocycles. The van der Waals surface area contributed by atoms with E-state index in [0.29, 0.717) is 12.8 Å². The third-order valence-electron chi connectivity index (χ3n) is 3.77. The topological polar surface area (TPSA) is 40.5 Å². The van der Waals surface area contributed by atoms with Gasteiger partial charge in [-0.15, -0.1) is 0 Å². The van der Waals surface area contributed by atoms with Crippen molar-refractivity contribution in [2.24, 2.45) is 0 Å². The highest BCUT2D eigenvalue weighted by Crippen LogP contribution is 2.34. The zero-order chi connectivity index (χ0) is 12.5. The summed E-state index contributed by atoms with van der Waals surface area (Å²) in [6, 6.07) is 8.05. The predicted octanol–water partition coefficient (Wildman–Crippen LogP) is 1.95. The van der Waals surface area contributed by atoms with Gasteiger partial charge in [-0.3, -0.25) is 9.69 Å². The van der Waals surface area contributed by atoms with Gasteiger partial charge in [0.15, 0.2) is 0 Å². The lowest BCUT2D eigenvalue weighted by atomic mass is 9.93. The largest absolute Gasteiger partial charge is 0.480 e. The van der Waals surface area contributed by atoms with Crippen LogP contribution in [0.5, 0.6) is 0 Å². The van der Waals surface area contributed by atoms with Crippen LogP contribution in [0.2, 0.25) is 0 Å². The summed E-state index contributed by atoms with van der Waals surface area (Å²) >= 11 is 0. The highest BCUT2D eigenvalue weighted by Gasteiger charge is 2.46. The molecule has 1 N–H and O–H groups in total. The molecular formula is C14H19NO2. The van der Waals surface area contributed by atoms with Crippen LogP contribution in [0.4, 0.5) is 0 Å². The second-order valence-corrected chi connectivity index (χ2v) is 4.88. The summed E-state index contributed by atoms with van der Waals surface area (Å²) in [4.78, 5) is 13.7. The van der Waals surface area contributed by atoms with E-state index in [1.807, 2.05) is 36.2 Å². The fraction of sp³-hybridized carbons (Fsp3) is 0.500. The van der Waals surface area contributed by atoms with Crippen LogP contribution < -0.4 is 0 Å². The summed E-state index contributed by atoms with van der Waals surface area (Å²) in [6.45, 7) is 2.90. The molecule has 2 rings (SSSR count). The fourth-order valence-corrected chi connectivity index (χ4v) is 2.73. The van der Waals surface area contributed by atoms with Crippen LogP contribution in [0, 0.1) is 0 Å². The van der Waals surface area contributed by atoms with Crippen molar-refractivity contribution in [2.75, 3.05) is 13.6 Å². The molecule has 1 aliphatic rings. The molecule has 92 valence electrons. The average molecular weight is 233 g/mol. The highest BCUT2D eigenvalue weighted by atomic mass is 16.4. The van der Waals surface area contributed by atoms with Crippen molar-refractivity contribution in [1.82, 2.24) is 4.90 Å². The Balaban J connectivity index is 2.32. The number of benzene rings is 1. The summed E-state index contributed by atoms with van der Waals surface area (Å²) in [5.74, 6) is -0.704. The van der Waals surface area contributed by atoms with Crippen LogP contribution in [0.15, 0.2) is 24.3 Å². The Morgan fingerprint density at radius 1 is 1.35 bits per heavy atom. The average Bonchev–Trinajstić information content (AvgIpc) is 2.69. The van der Waals surface area contributed by atoms with Crippen LogP contribution in [0.3, 0.4) is 0 Å². The van der Waals surface area contributed by atoms with Gasteiger partial charge in [-0.05, 0) is 31.1 Å². The van der Waals surface area contributed by atoms with E-state index in [2.05, 4.69) is 6.92 Å². The number of carboxylic acids is 1. The maximum absolute atomic E-state index is 11.7. The van der Waals surface area contributed by atoms with Crippen LogP contribution >= 0.6 is 0 Å². The summed E-state index contributed by atoms with van der Waals surface area (Å²) < 4.78 is 0. The van der Waals surface area contributed by atoms with Gasteiger partial charge >= 0.3 is 5.97 Å². The predicted molar refractivity (Wildman–Crippen MR) is 67.1 cm³/mol. The van der Waals surface area contributed by atoms with Gasteiger partial charge in [-0.1, -0.05) is 31.2 Å². The minimum absolute atomic E-state index is 0.620. The van der Waals surface area contributed by atoms with E-state index in [1.165, 1.54) is 11.1 Å². The Hall–Kier alpha value is -1.35. The molecule has 0 radical (unpaired) electrons. The van der Waals surface area contributed by atoms with E-state index in [4.69, 9.17) is 0 Å². The standard InChI is InChI=1S/C14H19NO2/c1-3-8-15(2)14(13(16)17)9-11-6-4-5-7-12(11)10-14/h4-7H,3,8-10H2,1-2H3,(H,16,17). The van der Waals surface area contributed by atoms with E-state index in [0.717, 1.165) is 13.0 Å². The molecule has 0 saturated heterocycles. The molecule has 17 heavy (non-hydrogen) atoms. The van der Waals surface area contributed by atoms with Gasteiger partial charge in [-0.2, -0.15) is 0 Å². The second kappa shape index (κ2) is 4.49. The molecule has 1 aromatic carbocycles. The first-order chi connectivity index (χ1) is 8.10. The van der Waals surface area contributed by atoms with Crippen molar-refractivity contribution >= 4 is 5.97 Å². The first-order valence-corrected chi connectivity index (χ1v) is 6.11. The molecule has 0 heterocycles. The van der Waals surface area contributed by atoms with E-state index in [9.17, 15) is 9.90 Å². The molecule has 1 aromatic rings. The lowest BCUT2D eigenvalue weighted by molar-refractivity contribution is -0.150. The van der Waals surface area contributed by atoms with E-state index >= 15 is 0 Å². The number of aliphatic carboxylic acids is 1. The van der Waals surface area contributed by atoms with Crippen molar-refractivity contribution in [1.29, 1.82) is 0 Å². The smallest absolute Gasteiger partial charge is 0.324 e. The van der Waals surface area contributed by atoms with Crippen molar-refractivity contribution in [3.8, 4) is 0 Å². The molecule has 0 spiro atoms. The molecule has 0 bridgehead atoms. The number of fused-ring (bicyclic) bond motifs is 1. The minimum Gasteiger partial charge on any atom is -0.480 e. The highest BCUT2D eigenvalue weighted by molar-refractivity contribution is 5.81. The van der Waals surface area contributed by atoms with Crippen molar-refractivity contribution in [2.45, 2.75) is 31.7 Å². The SMILES string of the molecule is CCCN(C)C1(C(=O)O)Cc2ccccc2C1. The lowest BCUT2D eigenvalue weighted by Gasteiger charge is -2.34. The zero-order valence-electron chi connectivity index (χ0n) is 10.4. The van der Waals surface area contributed by atoms with E-state index in [1.54, 1.807) is 0 Å². The molecule has 0 saturated carbocycles. The zero-order valence-corrected chi connectivity index (χ0v) is 10.4. The first-order valence-electron chi connectivity index (χ1n) is 6.11. The van der Waals surface area contributed by atoms with Crippen LogP contribution in [0.25, 0.3) is 0 Å². The number of nitrogens with zero attached hydrogens (tertiary/aromatic N) is 1. The Morgan fingerprint density at radius 3 is 2.29 bits per heavy atom. The van der Waals surface area contributed by atoms with E-state index in [-0.39, 0.29) is 0 Å². The Kier molecular flexibility index (Phi) is 3.20. The first kappa shape index (κ1) is 12.1. The van der Waals surface area contributed by atoms with Crippen LogP contribution in [-0.4, -0.2) is 35.1 Å². The molecule has 0 atom stereocenters. The van der Waals surface area contributed by atoms with Crippen LogP contribution in [0.1, 0.15) is 24.5 Å². The van der Waals surface area contributed by atoms with Gasteiger partial charge in [0.05, 0.1) is 0 Å². The number of hydrogen-bond donors (Lipinski definition) is 1. The summed E-state index contributed by atoms with van der Waals surface area (Å²) in [5, 5.41) is 9.59. The number of rotatable bonds is 4. The molecule has 3 nitrogen and oxygen atoms in total. The summed E-state index contributed by atoms with van der Waals surface area (Å²) in [5.41, 5.74) is 1.62. The number of carbonyl (C=O) groups is 1. The van der Waals surface area contributed by atoms with Gasteiger partial charge < -0.3 is 5.11 Å². The molecule has 0 aromatic heterocycles. The molecule has 1 aliphatic carbocycles. The maximum atomic E-state index is 11.7. The third kappa shape index (κ3) is 1.95. The molecule has 0 unspecified atom stereocenters. The third-order valence-corrected chi connectivity index (χ3v) is 3.77. The molecule has 3 heteroatoms. The normalized spacial score (nSPS) is 17.1. The van der Waals surface area contributed by atoms with E-state index < -0.39 is 11.5 Å². The van der Waals surface area contributed by atoms with Gasteiger partial charge in [0.25, 0.3) is 0 Å². The number of hydrogen-bond acceptors (Lipinski definition) is 2. The van der Waals surface area contributed by atoms with Gasteiger partial charge in [-0.25, -0.2) is 0 Å². The monoisotopic (exact) mass is 233 g/mol. The lowest BCUT2D eigenvalue weighted by Crippen LogP contribution is -2.54. The van der Waals surface area contributed by atoms with Gasteiger partial charge in [0, 0.05) is 12.8 Å². The molecule has 0 fully saturated rings. The van der Waals surface area contributed by atoms with Crippen molar-refractivity contribution in [3.05, 3.63) is 35.4 Å². The minimum atomic E-state index is -0.736. The maximum Gasteiger partial charge on any atom is 0.324 e. The number of likely N-dealkylation sites (N-methyl/N-ethyl adjacent to an activating group) is 1. The van der Waals surface area contributed by atoms with Gasteiger partial charge in [0.2, 0.25) is 0 Å². The summed E-state index contributed by atoms with van der Waals surface area (Å²) in [7, 11) is 1.92. The van der Waals surface area contributed by atoms with Crippen LogP contribution in [-0.2, 0) is 17.6 Å². The van der Waals surface area contributed by atoms with Crippen molar-refractivity contribution in [3.63, 3.8) is 0 Å². The fourth-order valence-electron chi connectivity index (χ4n) is 2.73. The number of carboxylic acid groups (broad SMARTS) is 1. The molecular weight excluding hydrogens is 214 g/mol. The quantitative estimate of drug-likeness (QED) is 0.864. The van der Waals surface area contributed by atoms with Crippen molar-refractivity contribution < 1.29 is 9.90 Å². The Labute approximate surface area is 102 Å². The van der Waals surface area contributed by atoms with Gasteiger partial charge in [0.1, 0.15) is 5.54 Å². The molecule has 0 amide bonds. The summed E-state index contributed by atoms with van der Waals surface area (Å²) in [6.07, 6.45) is 2.21. The Bertz CT molecular complexity index is 403. The second-order valence-electron chi connectivity index (χ2n) is 4.88. The Morgan fingerprint density at radius 2 is 1.88 bits per heavy atom.